The molecule has 1 aliphatic carbocycles. The van der Waals surface area contributed by atoms with Crippen molar-refractivity contribution in [1.29, 1.82) is 0 Å². The van der Waals surface area contributed by atoms with Gasteiger partial charge in [-0.25, -0.2) is 4.79 Å². The molecule has 0 amide bonds. The minimum absolute atomic E-state index is 0.000869. The monoisotopic (exact) mass is 629 g/mol. The van der Waals surface area contributed by atoms with Crippen molar-refractivity contribution in [2.45, 2.75) is 63.9 Å². The fraction of sp³-hybridized carbons (Fsp3) is 0.294. The van der Waals surface area contributed by atoms with Gasteiger partial charge in [0.15, 0.2) is 5.78 Å². The number of carboxylic acids is 2. The maximum Gasteiger partial charge on any atom is 0.335 e. The molecule has 5 atom stereocenters. The molecule has 0 radical (unpaired) electrons. The molecule has 0 bridgehead atoms. The van der Waals surface area contributed by atoms with Gasteiger partial charge in [-0.1, -0.05) is 30.3 Å². The fourth-order valence-electron chi connectivity index (χ4n) is 6.45. The van der Waals surface area contributed by atoms with Gasteiger partial charge in [-0.05, 0) is 54.8 Å². The third kappa shape index (κ3) is 5.30. The SMILES string of the molecule is Cc1cc(O)c2c(c1)[C@H](CC(=O)O)N(Cc1ccc(C(=O)O)cc1)C1=C2C(=O)c2cccc(O[C@H]3C[C@@H](O)[C@@H](O)[C@H](C)O3)c2C1=O. The number of benzene rings is 3. The summed E-state index contributed by atoms with van der Waals surface area (Å²) >= 11 is 0. The van der Waals surface area contributed by atoms with Gasteiger partial charge in [0.2, 0.25) is 12.1 Å². The third-order valence-electron chi connectivity index (χ3n) is 8.60. The predicted octanol–water partition coefficient (Wildman–Crippen LogP) is 3.46. The molecule has 2 aliphatic heterocycles. The Morgan fingerprint density at radius 2 is 1.72 bits per heavy atom. The summed E-state index contributed by atoms with van der Waals surface area (Å²) in [7, 11) is 0. The Bertz CT molecular complexity index is 1800. The number of carboxylic acid groups (broad SMARTS) is 2. The van der Waals surface area contributed by atoms with E-state index in [2.05, 4.69) is 0 Å². The molecule has 46 heavy (non-hydrogen) atoms. The van der Waals surface area contributed by atoms with E-state index in [0.29, 0.717) is 16.7 Å². The minimum atomic E-state index is -1.18. The first-order valence-corrected chi connectivity index (χ1v) is 14.6. The zero-order valence-corrected chi connectivity index (χ0v) is 24.8. The maximum atomic E-state index is 14.6. The highest BCUT2D eigenvalue weighted by Crippen LogP contribution is 2.50. The summed E-state index contributed by atoms with van der Waals surface area (Å²) in [5.74, 6) is -3.86. The van der Waals surface area contributed by atoms with Crippen LogP contribution in [0.2, 0.25) is 0 Å². The Kier molecular flexibility index (Phi) is 7.88. The lowest BCUT2D eigenvalue weighted by Gasteiger charge is -2.42. The molecule has 2 heterocycles. The van der Waals surface area contributed by atoms with Gasteiger partial charge in [0, 0.05) is 24.1 Å². The molecule has 0 spiro atoms. The number of carbonyl (C=O) groups is 4. The molecule has 0 saturated carbocycles. The zero-order valence-electron chi connectivity index (χ0n) is 24.8. The second kappa shape index (κ2) is 11.7. The van der Waals surface area contributed by atoms with E-state index in [-0.39, 0.29) is 58.0 Å². The van der Waals surface area contributed by atoms with E-state index in [1.807, 2.05) is 0 Å². The van der Waals surface area contributed by atoms with Crippen molar-refractivity contribution in [2.75, 3.05) is 0 Å². The predicted molar refractivity (Wildman–Crippen MR) is 160 cm³/mol. The summed E-state index contributed by atoms with van der Waals surface area (Å²) in [6.07, 6.45) is -4.71. The minimum Gasteiger partial charge on any atom is -0.507 e. The number of hydrogen-bond acceptors (Lipinski definition) is 10. The first-order chi connectivity index (χ1) is 21.8. The largest absolute Gasteiger partial charge is 0.507 e. The molecule has 1 saturated heterocycles. The van der Waals surface area contributed by atoms with Crippen LogP contribution in [0.1, 0.15) is 79.1 Å². The molecular formula is C34H31NO11. The van der Waals surface area contributed by atoms with Crippen molar-refractivity contribution in [1.82, 2.24) is 4.90 Å². The lowest BCUT2D eigenvalue weighted by molar-refractivity contribution is -0.216. The molecule has 5 N–H and O–H groups in total. The van der Waals surface area contributed by atoms with Crippen LogP contribution < -0.4 is 4.74 Å². The van der Waals surface area contributed by atoms with E-state index in [4.69, 9.17) is 9.47 Å². The first-order valence-electron chi connectivity index (χ1n) is 14.6. The fourth-order valence-corrected chi connectivity index (χ4v) is 6.45. The number of ether oxygens (including phenoxy) is 2. The van der Waals surface area contributed by atoms with Crippen LogP contribution in [-0.4, -0.2) is 78.5 Å². The van der Waals surface area contributed by atoms with Gasteiger partial charge >= 0.3 is 11.9 Å². The molecular weight excluding hydrogens is 598 g/mol. The van der Waals surface area contributed by atoms with E-state index >= 15 is 0 Å². The van der Waals surface area contributed by atoms with E-state index in [1.165, 1.54) is 41.3 Å². The first kappa shape index (κ1) is 31.0. The highest BCUT2D eigenvalue weighted by Gasteiger charge is 2.46. The molecule has 0 unspecified atom stereocenters. The summed E-state index contributed by atoms with van der Waals surface area (Å²) in [6.45, 7) is 3.20. The summed E-state index contributed by atoms with van der Waals surface area (Å²) in [5, 5.41) is 50.9. The van der Waals surface area contributed by atoms with Crippen LogP contribution in [0.5, 0.6) is 11.5 Å². The molecule has 238 valence electrons. The Morgan fingerprint density at radius 3 is 2.37 bits per heavy atom. The lowest BCUT2D eigenvalue weighted by atomic mass is 9.76. The van der Waals surface area contributed by atoms with Crippen molar-refractivity contribution in [3.8, 4) is 11.5 Å². The van der Waals surface area contributed by atoms with E-state index in [1.54, 1.807) is 32.0 Å². The van der Waals surface area contributed by atoms with Crippen molar-refractivity contribution in [3.63, 3.8) is 0 Å². The number of aliphatic hydroxyl groups is 2. The summed E-state index contributed by atoms with van der Waals surface area (Å²) < 4.78 is 11.7. The Hall–Kier alpha value is -5.04. The molecule has 1 fully saturated rings. The van der Waals surface area contributed by atoms with Gasteiger partial charge in [-0.3, -0.25) is 14.4 Å². The van der Waals surface area contributed by atoms with E-state index in [9.17, 15) is 44.7 Å². The van der Waals surface area contributed by atoms with Crippen LogP contribution in [0.15, 0.2) is 60.3 Å². The molecule has 12 heteroatoms. The molecule has 3 aromatic rings. The number of hydrogen-bond donors (Lipinski definition) is 5. The number of Topliss-reactive ketones (excluding diaryl/α,β-unsaturated/α-hetero) is 2. The second-order valence-corrected chi connectivity index (χ2v) is 11.7. The molecule has 3 aliphatic rings. The number of rotatable bonds is 7. The lowest BCUT2D eigenvalue weighted by Crippen LogP contribution is -2.48. The van der Waals surface area contributed by atoms with Crippen LogP contribution in [0.3, 0.4) is 0 Å². The number of aliphatic carboxylic acids is 1. The molecule has 6 rings (SSSR count). The van der Waals surface area contributed by atoms with Crippen LogP contribution in [0.25, 0.3) is 5.57 Å². The standard InChI is InChI=1S/C34H31NO11/c1-15-10-20-21(12-25(38)39)35(14-17-6-8-18(9-7-17)34(43)44)30-29(27(20)22(36)11-15)32(41)19-4-3-5-24(28(19)33(30)42)46-26-13-23(37)31(40)16(2)45-26/h3-11,16,21,23,26,31,36-37,40H,12-14H2,1-2H3,(H,38,39)(H,43,44)/t16-,21-,23+,26-,31-/m0/s1. The number of aromatic hydroxyl groups is 1. The van der Waals surface area contributed by atoms with E-state index < -0.39 is 60.6 Å². The molecule has 12 nitrogen and oxygen atoms in total. The maximum absolute atomic E-state index is 14.6. The van der Waals surface area contributed by atoms with Crippen molar-refractivity contribution >= 4 is 29.1 Å². The average molecular weight is 630 g/mol. The smallest absolute Gasteiger partial charge is 0.335 e. The van der Waals surface area contributed by atoms with Gasteiger partial charge in [0.05, 0.1) is 47.1 Å². The highest BCUT2D eigenvalue weighted by molar-refractivity contribution is 6.41. The number of phenolic OH excluding ortho intramolecular Hbond substituents is 1. The van der Waals surface area contributed by atoms with Crippen molar-refractivity contribution < 1.29 is 54.2 Å². The van der Waals surface area contributed by atoms with Crippen molar-refractivity contribution in [3.05, 3.63) is 99.2 Å². The van der Waals surface area contributed by atoms with Crippen LogP contribution >= 0.6 is 0 Å². The average Bonchev–Trinajstić information content (AvgIpc) is 2.99. The number of ketones is 2. The normalized spacial score (nSPS) is 23.8. The highest BCUT2D eigenvalue weighted by atomic mass is 16.7. The number of fused-ring (bicyclic) bond motifs is 3. The zero-order chi connectivity index (χ0) is 33.0. The summed E-state index contributed by atoms with van der Waals surface area (Å²) in [4.78, 5) is 54.2. The molecule has 0 aromatic heterocycles. The number of carbonyl (C=O) groups excluding carboxylic acids is 2. The van der Waals surface area contributed by atoms with Crippen LogP contribution in [0, 0.1) is 6.92 Å². The van der Waals surface area contributed by atoms with Crippen LogP contribution in [-0.2, 0) is 16.1 Å². The number of aryl methyl sites for hydroxylation is 1. The van der Waals surface area contributed by atoms with Crippen LogP contribution in [0.4, 0.5) is 0 Å². The van der Waals surface area contributed by atoms with Gasteiger partial charge in [-0.15, -0.1) is 0 Å². The quantitative estimate of drug-likeness (QED) is 0.256. The van der Waals surface area contributed by atoms with Crippen molar-refractivity contribution in [2.24, 2.45) is 0 Å². The summed E-state index contributed by atoms with van der Waals surface area (Å²) in [5.41, 5.74) is 1.29. The molecule has 3 aromatic carbocycles. The number of aromatic carboxylic acids is 1. The topological polar surface area (TPSA) is 191 Å². The Balaban J connectivity index is 1.52. The van der Waals surface area contributed by atoms with Gasteiger partial charge < -0.3 is 39.9 Å². The number of aliphatic hydroxyl groups excluding tert-OH is 2. The Morgan fingerprint density at radius 1 is 1.00 bits per heavy atom. The van der Waals surface area contributed by atoms with Gasteiger partial charge in [0.25, 0.3) is 0 Å². The van der Waals surface area contributed by atoms with E-state index in [0.717, 1.165) is 0 Å². The number of nitrogens with zero attached hydrogens (tertiary/aromatic N) is 1. The van der Waals surface area contributed by atoms with Gasteiger partial charge in [-0.2, -0.15) is 0 Å². The summed E-state index contributed by atoms with van der Waals surface area (Å²) in [6, 6.07) is 12.4. The van der Waals surface area contributed by atoms with Gasteiger partial charge in [0.1, 0.15) is 17.6 Å². The third-order valence-corrected chi connectivity index (χ3v) is 8.60. The number of phenols is 1. The number of allylic oxidation sites excluding steroid dienone is 2. The Labute approximate surface area is 262 Å². The second-order valence-electron chi connectivity index (χ2n) is 11.7.